The zero-order valence-electron chi connectivity index (χ0n) is 12.7. The molecule has 0 aromatic heterocycles. The molecule has 0 saturated carbocycles. The molecule has 0 spiro atoms. The quantitative estimate of drug-likeness (QED) is 0.462. The first-order chi connectivity index (χ1) is 10.3. The molecule has 0 bridgehead atoms. The molecule has 124 valence electrons. The number of halogens is 4. The molecule has 1 rings (SSSR count). The van der Waals surface area contributed by atoms with Gasteiger partial charge in [0.15, 0.2) is 5.96 Å². The predicted octanol–water partition coefficient (Wildman–Crippen LogP) is 4.30. The number of rotatable bonds is 6. The highest BCUT2D eigenvalue weighted by molar-refractivity contribution is 6.31. The third-order valence-electron chi connectivity index (χ3n) is 3.13. The van der Waals surface area contributed by atoms with E-state index in [2.05, 4.69) is 15.6 Å². The molecule has 1 unspecified atom stereocenters. The molecule has 0 radical (unpaired) electrons. The van der Waals surface area contributed by atoms with Crippen LogP contribution in [0.15, 0.2) is 29.3 Å². The molecule has 0 aliphatic carbocycles. The Balaban J connectivity index is 2.38. The first kappa shape index (κ1) is 18.6. The summed E-state index contributed by atoms with van der Waals surface area (Å²) in [4.78, 5) is 4.06. The Morgan fingerprint density at radius 1 is 1.27 bits per heavy atom. The number of hydrogen-bond donors (Lipinski definition) is 2. The lowest BCUT2D eigenvalue weighted by Gasteiger charge is -2.19. The lowest BCUT2D eigenvalue weighted by atomic mass is 10.1. The molecular weight excluding hydrogens is 315 g/mol. The summed E-state index contributed by atoms with van der Waals surface area (Å²) in [5.41, 5.74) is 0.934. The molecule has 0 saturated heterocycles. The number of alkyl halides is 3. The SMILES string of the molecule is CN=C(NCCCCC(F)(F)F)NC(C)c1ccccc1Cl. The second kappa shape index (κ2) is 8.88. The van der Waals surface area contributed by atoms with Gasteiger partial charge in [0.25, 0.3) is 0 Å². The Bertz CT molecular complexity index is 489. The van der Waals surface area contributed by atoms with Crippen LogP contribution >= 0.6 is 11.6 Å². The van der Waals surface area contributed by atoms with Gasteiger partial charge in [0.1, 0.15) is 0 Å². The van der Waals surface area contributed by atoms with Crippen molar-refractivity contribution in [2.24, 2.45) is 4.99 Å². The number of guanidine groups is 1. The molecular formula is C15H21ClF3N3. The predicted molar refractivity (Wildman–Crippen MR) is 84.3 cm³/mol. The third kappa shape index (κ3) is 7.02. The molecule has 1 aromatic carbocycles. The van der Waals surface area contributed by atoms with Crippen molar-refractivity contribution < 1.29 is 13.2 Å². The van der Waals surface area contributed by atoms with Gasteiger partial charge in [-0.05, 0) is 31.4 Å². The van der Waals surface area contributed by atoms with Crippen LogP contribution in [0.1, 0.15) is 37.8 Å². The van der Waals surface area contributed by atoms with Crippen LogP contribution in [0, 0.1) is 0 Å². The van der Waals surface area contributed by atoms with Crippen LogP contribution < -0.4 is 10.6 Å². The van der Waals surface area contributed by atoms with E-state index in [-0.39, 0.29) is 12.5 Å². The van der Waals surface area contributed by atoms with E-state index in [1.54, 1.807) is 7.05 Å². The highest BCUT2D eigenvalue weighted by atomic mass is 35.5. The van der Waals surface area contributed by atoms with Gasteiger partial charge in [0, 0.05) is 25.0 Å². The molecule has 0 aliphatic heterocycles. The maximum Gasteiger partial charge on any atom is 0.389 e. The summed E-state index contributed by atoms with van der Waals surface area (Å²) in [7, 11) is 1.62. The van der Waals surface area contributed by atoms with Crippen LogP contribution in [0.2, 0.25) is 5.02 Å². The summed E-state index contributed by atoms with van der Waals surface area (Å²) in [6.45, 7) is 2.38. The monoisotopic (exact) mass is 335 g/mol. The molecule has 0 fully saturated rings. The highest BCUT2D eigenvalue weighted by Gasteiger charge is 2.25. The number of benzene rings is 1. The van der Waals surface area contributed by atoms with Crippen LogP contribution in [-0.4, -0.2) is 25.7 Å². The van der Waals surface area contributed by atoms with Gasteiger partial charge in [-0.15, -0.1) is 0 Å². The first-order valence-corrected chi connectivity index (χ1v) is 7.49. The van der Waals surface area contributed by atoms with Gasteiger partial charge in [-0.25, -0.2) is 0 Å². The van der Waals surface area contributed by atoms with Crippen LogP contribution in [0.4, 0.5) is 13.2 Å². The van der Waals surface area contributed by atoms with Gasteiger partial charge in [-0.1, -0.05) is 29.8 Å². The molecule has 22 heavy (non-hydrogen) atoms. The molecule has 1 aromatic rings. The summed E-state index contributed by atoms with van der Waals surface area (Å²) in [5.74, 6) is 0.541. The Morgan fingerprint density at radius 2 is 1.95 bits per heavy atom. The number of nitrogens with one attached hydrogen (secondary N) is 2. The van der Waals surface area contributed by atoms with Crippen LogP contribution in [0.25, 0.3) is 0 Å². The molecule has 0 amide bonds. The minimum Gasteiger partial charge on any atom is -0.356 e. The average Bonchev–Trinajstić information content (AvgIpc) is 2.44. The van der Waals surface area contributed by atoms with Gasteiger partial charge in [0.2, 0.25) is 0 Å². The van der Waals surface area contributed by atoms with Gasteiger partial charge in [-0.3, -0.25) is 4.99 Å². The minimum absolute atomic E-state index is 0.0601. The van der Waals surface area contributed by atoms with Gasteiger partial charge in [-0.2, -0.15) is 13.2 Å². The van der Waals surface area contributed by atoms with E-state index in [9.17, 15) is 13.2 Å². The fraction of sp³-hybridized carbons (Fsp3) is 0.533. The molecule has 7 heteroatoms. The standard InChI is InChI=1S/C15H21ClF3N3/c1-11(12-7-3-4-8-13(12)16)22-14(20-2)21-10-6-5-9-15(17,18)19/h3-4,7-8,11H,5-6,9-10H2,1-2H3,(H2,20,21,22). The Hall–Kier alpha value is -1.43. The zero-order valence-corrected chi connectivity index (χ0v) is 13.4. The zero-order chi connectivity index (χ0) is 16.6. The average molecular weight is 336 g/mol. The van der Waals surface area contributed by atoms with Crippen molar-refractivity contribution in [3.8, 4) is 0 Å². The van der Waals surface area contributed by atoms with E-state index >= 15 is 0 Å². The largest absolute Gasteiger partial charge is 0.389 e. The van der Waals surface area contributed by atoms with Crippen molar-refractivity contribution in [1.29, 1.82) is 0 Å². The Kier molecular flexibility index (Phi) is 7.51. The van der Waals surface area contributed by atoms with Gasteiger partial charge < -0.3 is 10.6 Å². The van der Waals surface area contributed by atoms with Crippen molar-refractivity contribution in [3.05, 3.63) is 34.9 Å². The number of unbranched alkanes of at least 4 members (excludes halogenated alkanes) is 1. The van der Waals surface area contributed by atoms with Crippen molar-refractivity contribution in [3.63, 3.8) is 0 Å². The molecule has 1 atom stereocenters. The Morgan fingerprint density at radius 3 is 2.55 bits per heavy atom. The maximum atomic E-state index is 12.0. The fourth-order valence-corrected chi connectivity index (χ4v) is 2.26. The topological polar surface area (TPSA) is 36.4 Å². The molecule has 0 aliphatic rings. The lowest BCUT2D eigenvalue weighted by molar-refractivity contribution is -0.135. The highest BCUT2D eigenvalue weighted by Crippen LogP contribution is 2.22. The Labute approximate surface area is 134 Å². The maximum absolute atomic E-state index is 12.0. The fourth-order valence-electron chi connectivity index (χ4n) is 1.96. The van der Waals surface area contributed by atoms with Crippen LogP contribution in [0.5, 0.6) is 0 Å². The summed E-state index contributed by atoms with van der Waals surface area (Å²) in [6, 6.07) is 7.41. The van der Waals surface area contributed by atoms with E-state index in [1.165, 1.54) is 0 Å². The first-order valence-electron chi connectivity index (χ1n) is 7.12. The van der Waals surface area contributed by atoms with Crippen LogP contribution in [0.3, 0.4) is 0 Å². The van der Waals surface area contributed by atoms with E-state index < -0.39 is 12.6 Å². The van der Waals surface area contributed by atoms with E-state index in [4.69, 9.17) is 11.6 Å². The summed E-state index contributed by atoms with van der Waals surface area (Å²) in [6.07, 6.45) is -4.30. The summed E-state index contributed by atoms with van der Waals surface area (Å²) < 4.78 is 36.1. The number of aliphatic imine (C=N–C) groups is 1. The lowest BCUT2D eigenvalue weighted by Crippen LogP contribution is -2.39. The summed E-state index contributed by atoms with van der Waals surface area (Å²) >= 11 is 6.13. The van der Waals surface area contributed by atoms with Gasteiger partial charge >= 0.3 is 6.18 Å². The molecule has 2 N–H and O–H groups in total. The van der Waals surface area contributed by atoms with Crippen molar-refractivity contribution in [2.45, 2.75) is 38.4 Å². The van der Waals surface area contributed by atoms with Gasteiger partial charge in [0.05, 0.1) is 6.04 Å². The van der Waals surface area contributed by atoms with Crippen molar-refractivity contribution >= 4 is 17.6 Å². The smallest absolute Gasteiger partial charge is 0.356 e. The van der Waals surface area contributed by atoms with Crippen molar-refractivity contribution in [1.82, 2.24) is 10.6 Å². The van der Waals surface area contributed by atoms with E-state index in [0.29, 0.717) is 23.9 Å². The molecule has 0 heterocycles. The number of nitrogens with zero attached hydrogens (tertiary/aromatic N) is 1. The van der Waals surface area contributed by atoms with E-state index in [0.717, 1.165) is 5.56 Å². The van der Waals surface area contributed by atoms with Crippen molar-refractivity contribution in [2.75, 3.05) is 13.6 Å². The second-order valence-corrected chi connectivity index (χ2v) is 5.37. The third-order valence-corrected chi connectivity index (χ3v) is 3.47. The van der Waals surface area contributed by atoms with Crippen LogP contribution in [-0.2, 0) is 0 Å². The van der Waals surface area contributed by atoms with E-state index in [1.807, 2.05) is 31.2 Å². The number of hydrogen-bond acceptors (Lipinski definition) is 1. The normalized spacial score (nSPS) is 13.8. The molecule has 3 nitrogen and oxygen atoms in total. The second-order valence-electron chi connectivity index (χ2n) is 4.96. The summed E-state index contributed by atoms with van der Waals surface area (Å²) in [5, 5.41) is 6.82. The minimum atomic E-state index is -4.08.